The zero-order valence-corrected chi connectivity index (χ0v) is 10.4. The maximum atomic E-state index is 9.76. The molecular formula is C11H15N5O3. The monoisotopic (exact) mass is 265 g/mol. The molecule has 2 aromatic rings. The van der Waals surface area contributed by atoms with Crippen molar-refractivity contribution >= 4 is 17.0 Å². The van der Waals surface area contributed by atoms with Crippen LogP contribution in [0.15, 0.2) is 6.33 Å². The van der Waals surface area contributed by atoms with E-state index in [0.717, 1.165) is 0 Å². The van der Waals surface area contributed by atoms with Gasteiger partial charge in [0.25, 0.3) is 0 Å². The van der Waals surface area contributed by atoms with Crippen molar-refractivity contribution in [3.63, 3.8) is 0 Å². The highest BCUT2D eigenvalue weighted by Crippen LogP contribution is 2.31. The van der Waals surface area contributed by atoms with Gasteiger partial charge in [-0.3, -0.25) is 4.57 Å². The normalized spacial score (nSPS) is 27.2. The molecule has 3 rings (SSSR count). The predicted molar refractivity (Wildman–Crippen MR) is 66.1 cm³/mol. The summed E-state index contributed by atoms with van der Waals surface area (Å²) in [7, 11) is 0. The van der Waals surface area contributed by atoms with Gasteiger partial charge in [0.1, 0.15) is 23.7 Å². The highest BCUT2D eigenvalue weighted by atomic mass is 16.5. The largest absolute Gasteiger partial charge is 0.394 e. The number of imidazole rings is 1. The van der Waals surface area contributed by atoms with Crippen molar-refractivity contribution in [1.29, 1.82) is 0 Å². The lowest BCUT2D eigenvalue weighted by atomic mass is 10.2. The zero-order valence-electron chi connectivity index (χ0n) is 10.4. The molecule has 4 N–H and O–H groups in total. The minimum Gasteiger partial charge on any atom is -0.394 e. The molecule has 8 nitrogen and oxygen atoms in total. The Hall–Kier alpha value is -1.77. The summed E-state index contributed by atoms with van der Waals surface area (Å²) in [6.45, 7) is 1.52. The second kappa shape index (κ2) is 4.41. The van der Waals surface area contributed by atoms with E-state index in [1.54, 1.807) is 17.8 Å². The van der Waals surface area contributed by atoms with E-state index in [2.05, 4.69) is 15.0 Å². The Kier molecular flexibility index (Phi) is 2.85. The van der Waals surface area contributed by atoms with Crippen LogP contribution in [0.3, 0.4) is 0 Å². The molecule has 0 radical (unpaired) electrons. The molecule has 1 aliphatic rings. The number of anilines is 1. The third-order valence-electron chi connectivity index (χ3n) is 3.25. The first-order valence-corrected chi connectivity index (χ1v) is 6.01. The smallest absolute Gasteiger partial charge is 0.167 e. The fourth-order valence-electron chi connectivity index (χ4n) is 2.31. The first kappa shape index (κ1) is 12.3. The van der Waals surface area contributed by atoms with Gasteiger partial charge in [-0.1, -0.05) is 0 Å². The van der Waals surface area contributed by atoms with E-state index in [1.807, 2.05) is 0 Å². The van der Waals surface area contributed by atoms with E-state index in [-0.39, 0.29) is 6.61 Å². The Morgan fingerprint density at radius 3 is 3.00 bits per heavy atom. The molecule has 1 fully saturated rings. The van der Waals surface area contributed by atoms with E-state index in [0.29, 0.717) is 29.2 Å². The quantitative estimate of drug-likeness (QED) is 0.660. The summed E-state index contributed by atoms with van der Waals surface area (Å²) >= 11 is 0. The minimum absolute atomic E-state index is 0.222. The predicted octanol–water partition coefficient (Wildman–Crippen LogP) is -0.642. The molecule has 1 aliphatic heterocycles. The number of ether oxygens (including phenoxy) is 1. The van der Waals surface area contributed by atoms with Crippen molar-refractivity contribution in [2.45, 2.75) is 31.8 Å². The molecule has 8 heteroatoms. The van der Waals surface area contributed by atoms with E-state index in [1.165, 1.54) is 0 Å². The Labute approximate surface area is 108 Å². The Morgan fingerprint density at radius 2 is 2.32 bits per heavy atom. The second-order valence-electron chi connectivity index (χ2n) is 4.59. The highest BCUT2D eigenvalue weighted by molar-refractivity contribution is 5.81. The van der Waals surface area contributed by atoms with Gasteiger partial charge in [-0.25, -0.2) is 15.0 Å². The summed E-state index contributed by atoms with van der Waals surface area (Å²) in [5.74, 6) is 0.863. The summed E-state index contributed by atoms with van der Waals surface area (Å²) in [4.78, 5) is 12.5. The first-order chi connectivity index (χ1) is 9.10. The molecule has 0 aliphatic carbocycles. The standard InChI is InChI=1S/C11H15N5O3/c1-5-14-10(12)9-11(15-5)16(4-13-9)8-2-6(18)7(3-17)19-8/h4,6-8,17-18H,2-3H2,1H3,(H2,12,14,15)/t6?,7-,8-/m1/s1. The molecule has 1 saturated heterocycles. The van der Waals surface area contributed by atoms with Crippen LogP contribution in [0, 0.1) is 6.92 Å². The van der Waals surface area contributed by atoms with E-state index < -0.39 is 18.4 Å². The molecule has 0 amide bonds. The molecule has 3 heterocycles. The number of fused-ring (bicyclic) bond motifs is 1. The van der Waals surface area contributed by atoms with E-state index in [9.17, 15) is 5.11 Å². The molecule has 0 bridgehead atoms. The van der Waals surface area contributed by atoms with Gasteiger partial charge in [0.2, 0.25) is 0 Å². The lowest BCUT2D eigenvalue weighted by Crippen LogP contribution is -2.24. The lowest BCUT2D eigenvalue weighted by molar-refractivity contribution is -0.0432. The number of aromatic nitrogens is 4. The van der Waals surface area contributed by atoms with Gasteiger partial charge in [0, 0.05) is 6.42 Å². The fourth-order valence-corrected chi connectivity index (χ4v) is 2.31. The maximum Gasteiger partial charge on any atom is 0.167 e. The maximum absolute atomic E-state index is 9.76. The Bertz CT molecular complexity index is 614. The van der Waals surface area contributed by atoms with Crippen LogP contribution in [0.25, 0.3) is 11.2 Å². The number of nitrogens with two attached hydrogens (primary N) is 1. The van der Waals surface area contributed by atoms with Crippen LogP contribution in [-0.2, 0) is 4.74 Å². The number of aliphatic hydroxyl groups excluding tert-OH is 2. The molecule has 0 spiro atoms. The van der Waals surface area contributed by atoms with Crippen molar-refractivity contribution < 1.29 is 14.9 Å². The molecule has 3 atom stereocenters. The van der Waals surface area contributed by atoms with Crippen LogP contribution < -0.4 is 5.73 Å². The number of hydrogen-bond donors (Lipinski definition) is 3. The van der Waals surface area contributed by atoms with Gasteiger partial charge >= 0.3 is 0 Å². The van der Waals surface area contributed by atoms with Gasteiger partial charge < -0.3 is 20.7 Å². The molecule has 0 saturated carbocycles. The average molecular weight is 265 g/mol. The van der Waals surface area contributed by atoms with Crippen molar-refractivity contribution in [3.8, 4) is 0 Å². The van der Waals surface area contributed by atoms with E-state index >= 15 is 0 Å². The molecule has 2 aromatic heterocycles. The molecule has 102 valence electrons. The molecule has 1 unspecified atom stereocenters. The summed E-state index contributed by atoms with van der Waals surface area (Å²) in [5.41, 5.74) is 6.87. The third kappa shape index (κ3) is 1.93. The lowest BCUT2D eigenvalue weighted by Gasteiger charge is -2.13. The van der Waals surface area contributed by atoms with Crippen molar-refractivity contribution in [2.75, 3.05) is 12.3 Å². The Morgan fingerprint density at radius 1 is 1.53 bits per heavy atom. The van der Waals surface area contributed by atoms with Gasteiger partial charge in [0.05, 0.1) is 19.0 Å². The summed E-state index contributed by atoms with van der Waals surface area (Å²) in [5, 5.41) is 18.9. The van der Waals surface area contributed by atoms with Gasteiger partial charge in [0.15, 0.2) is 11.5 Å². The summed E-state index contributed by atoms with van der Waals surface area (Å²) < 4.78 is 7.28. The SMILES string of the molecule is Cc1nc(N)c2ncn([C@H]3CC(O)[C@@H](CO)O3)c2n1. The van der Waals surface area contributed by atoms with Crippen LogP contribution in [0.2, 0.25) is 0 Å². The number of aliphatic hydroxyl groups is 2. The second-order valence-corrected chi connectivity index (χ2v) is 4.59. The summed E-state index contributed by atoms with van der Waals surface area (Å²) in [6.07, 6.45) is 0.243. The highest BCUT2D eigenvalue weighted by Gasteiger charge is 2.35. The average Bonchev–Trinajstić information content (AvgIpc) is 2.92. The van der Waals surface area contributed by atoms with Gasteiger partial charge in [-0.2, -0.15) is 0 Å². The van der Waals surface area contributed by atoms with Crippen LogP contribution in [0.4, 0.5) is 5.82 Å². The number of aryl methyl sites for hydroxylation is 1. The van der Waals surface area contributed by atoms with E-state index in [4.69, 9.17) is 15.6 Å². The van der Waals surface area contributed by atoms with Crippen LogP contribution in [-0.4, -0.2) is 48.5 Å². The number of hydrogen-bond acceptors (Lipinski definition) is 7. The number of nitrogens with zero attached hydrogens (tertiary/aromatic N) is 4. The van der Waals surface area contributed by atoms with Gasteiger partial charge in [-0.05, 0) is 6.92 Å². The topological polar surface area (TPSA) is 119 Å². The molecule has 0 aromatic carbocycles. The van der Waals surface area contributed by atoms with Crippen molar-refractivity contribution in [3.05, 3.63) is 12.2 Å². The van der Waals surface area contributed by atoms with Crippen LogP contribution >= 0.6 is 0 Å². The minimum atomic E-state index is -0.701. The number of nitrogen functional groups attached to an aromatic ring is 1. The van der Waals surface area contributed by atoms with Crippen molar-refractivity contribution in [2.24, 2.45) is 0 Å². The first-order valence-electron chi connectivity index (χ1n) is 6.01. The van der Waals surface area contributed by atoms with Crippen molar-refractivity contribution in [1.82, 2.24) is 19.5 Å². The third-order valence-corrected chi connectivity index (χ3v) is 3.25. The zero-order chi connectivity index (χ0) is 13.6. The Balaban J connectivity index is 2.02. The van der Waals surface area contributed by atoms with Gasteiger partial charge in [-0.15, -0.1) is 0 Å². The number of rotatable bonds is 2. The van der Waals surface area contributed by atoms with Crippen LogP contribution in [0.5, 0.6) is 0 Å². The molecular weight excluding hydrogens is 250 g/mol. The molecule has 19 heavy (non-hydrogen) atoms. The van der Waals surface area contributed by atoms with Crippen LogP contribution in [0.1, 0.15) is 18.5 Å². The fraction of sp³-hybridized carbons (Fsp3) is 0.545. The summed E-state index contributed by atoms with van der Waals surface area (Å²) in [6, 6.07) is 0.